The number of carbonyl (C=O) groups is 6. The molecule has 26 heteroatoms. The summed E-state index contributed by atoms with van der Waals surface area (Å²) in [7, 11) is 12.2. The van der Waals surface area contributed by atoms with Gasteiger partial charge in [-0.2, -0.15) is 0 Å². The minimum Gasteiger partial charge on any atom is -0.497 e. The van der Waals surface area contributed by atoms with Crippen molar-refractivity contribution in [2.75, 3.05) is 41.5 Å². The van der Waals surface area contributed by atoms with E-state index in [1.54, 1.807) is 91.9 Å². The topological polar surface area (TPSA) is 284 Å². The largest absolute Gasteiger partial charge is 0.497 e. The number of imidazole rings is 3. The van der Waals surface area contributed by atoms with Crippen LogP contribution in [0.5, 0.6) is 11.5 Å². The molecule has 0 aliphatic carbocycles. The number of hydrogen-bond donors (Lipinski definition) is 5. The van der Waals surface area contributed by atoms with Crippen LogP contribution in [0.3, 0.4) is 0 Å². The van der Waals surface area contributed by atoms with E-state index < -0.39 is 35.1 Å². The molecular weight excluding hydrogens is 1210 g/mol. The second kappa shape index (κ2) is 24.1. The van der Waals surface area contributed by atoms with Crippen LogP contribution >= 0.6 is 31.9 Å². The molecule has 11 rings (SSSR count). The van der Waals surface area contributed by atoms with Crippen LogP contribution in [-0.4, -0.2) is 126 Å². The first-order chi connectivity index (χ1) is 39.5. The normalized spacial score (nSPS) is 15.4. The van der Waals surface area contributed by atoms with Crippen molar-refractivity contribution >= 4 is 101 Å². The Morgan fingerprint density at radius 3 is 1.73 bits per heavy atom. The number of aryl methyl sites for hydroxylation is 4. The Morgan fingerprint density at radius 1 is 0.651 bits per heavy atom. The Kier molecular flexibility index (Phi) is 17.2. The van der Waals surface area contributed by atoms with Gasteiger partial charge < -0.3 is 44.0 Å². The molecule has 3 aliphatic rings. The first-order valence-corrected chi connectivity index (χ1v) is 26.4. The molecule has 3 aromatic heterocycles. The number of nitrogens with one attached hydrogen (secondary N) is 5. The minimum atomic E-state index is -1.86. The molecular formula is C57H53Br2N11O13. The van der Waals surface area contributed by atoms with Crippen LogP contribution in [0.4, 0.5) is 9.59 Å². The number of carbonyl (C=O) groups excluding carboxylic acids is 6. The van der Waals surface area contributed by atoms with E-state index in [1.807, 2.05) is 36.4 Å². The van der Waals surface area contributed by atoms with Crippen LogP contribution in [-0.2, 0) is 60.3 Å². The maximum Gasteiger partial charge on any atom is 0.408 e. The predicted octanol–water partition coefficient (Wildman–Crippen LogP) is 4.28. The maximum absolute atomic E-state index is 13.0. The number of urea groups is 1. The fourth-order valence-corrected chi connectivity index (χ4v) is 10.1. The summed E-state index contributed by atoms with van der Waals surface area (Å²) >= 11 is 6.68. The van der Waals surface area contributed by atoms with Gasteiger partial charge in [0.15, 0.2) is 0 Å². The lowest BCUT2D eigenvalue weighted by atomic mass is 9.99. The number of terminal acetylenes is 1. The molecule has 5 N–H and O–H groups in total. The van der Waals surface area contributed by atoms with Crippen LogP contribution in [0.15, 0.2) is 114 Å². The quantitative estimate of drug-likeness (QED) is 0.0808. The first-order valence-electron chi connectivity index (χ1n) is 24.8. The van der Waals surface area contributed by atoms with Gasteiger partial charge in [0.2, 0.25) is 11.1 Å². The molecule has 3 aliphatic heterocycles. The van der Waals surface area contributed by atoms with E-state index in [-0.39, 0.29) is 55.1 Å². The van der Waals surface area contributed by atoms with Crippen LogP contribution in [0.2, 0.25) is 0 Å². The smallest absolute Gasteiger partial charge is 0.408 e. The molecule has 0 radical (unpaired) electrons. The van der Waals surface area contributed by atoms with Gasteiger partial charge in [0.25, 0.3) is 17.7 Å². The minimum absolute atomic E-state index is 0.00750. The third-order valence-corrected chi connectivity index (χ3v) is 14.9. The van der Waals surface area contributed by atoms with Gasteiger partial charge in [0, 0.05) is 66.9 Å². The second-order valence-corrected chi connectivity index (χ2v) is 20.8. The molecule has 83 heavy (non-hydrogen) atoms. The Balaban J connectivity index is 0.000000159. The lowest BCUT2D eigenvalue weighted by molar-refractivity contribution is -0.146. The molecule has 1 saturated heterocycles. The van der Waals surface area contributed by atoms with Crippen molar-refractivity contribution in [1.29, 1.82) is 0 Å². The molecule has 0 spiro atoms. The number of ether oxygens (including phenoxy) is 4. The highest BCUT2D eigenvalue weighted by molar-refractivity contribution is 9.10. The summed E-state index contributed by atoms with van der Waals surface area (Å²) in [6.45, 7) is 0.130. The standard InChI is InChI=1S/C24H21N5O5.C17H18N2O6.C9H9BrN2O.C7H5BrN2O/c1-27-18-7-4-14(10-19(18)28(2)23(27)33)8-9-24(21(31)25-22(32)26-24)13-29-12-15-5-6-16(34-3)11-17(15)20(29)30;1-5-17(15(21)24-3,18-16(22)25-4)10-19-9-11-6-7-12(23-2)8-13(11)14(19)20;1-11-7-4-3-6(10)5-8(7)12(2)9(11)13;8-4-1-2-5-6(3-4)10-7(11)9-5/h4-7,10-11H,12-13H2,1-3H3,(H2,25,26,31,32);1,6-8H,9-10H2,2-4H3,(H,18,22);3-5H,1-2H3;1-3H,(H2,9,10,11)/t24-;17-;;/m11../s1. The zero-order valence-electron chi connectivity index (χ0n) is 45.8. The van der Waals surface area contributed by atoms with Crippen molar-refractivity contribution in [3.8, 4) is 35.7 Å². The van der Waals surface area contributed by atoms with Crippen LogP contribution in [0, 0.1) is 24.2 Å². The number of esters is 1. The highest BCUT2D eigenvalue weighted by Gasteiger charge is 2.49. The van der Waals surface area contributed by atoms with Crippen LogP contribution in [0.25, 0.3) is 33.1 Å². The average Bonchev–Trinajstić information content (AvgIpc) is 3.66. The monoisotopic (exact) mass is 1260 g/mol. The number of imide groups is 1. The van der Waals surface area contributed by atoms with Gasteiger partial charge in [-0.25, -0.2) is 28.8 Å². The Labute approximate surface area is 488 Å². The number of methoxy groups -OCH3 is 4. The summed E-state index contributed by atoms with van der Waals surface area (Å²) in [5, 5.41) is 7.11. The third kappa shape index (κ3) is 12.0. The molecule has 0 bridgehead atoms. The summed E-state index contributed by atoms with van der Waals surface area (Å²) in [6, 6.07) is 26.3. The lowest BCUT2D eigenvalue weighted by Gasteiger charge is -2.30. The first kappa shape index (κ1) is 59.3. The summed E-state index contributed by atoms with van der Waals surface area (Å²) < 4.78 is 27.8. The second-order valence-electron chi connectivity index (χ2n) is 19.0. The highest BCUT2D eigenvalue weighted by atomic mass is 79.9. The van der Waals surface area contributed by atoms with E-state index >= 15 is 0 Å². The van der Waals surface area contributed by atoms with Crippen molar-refractivity contribution in [1.82, 2.24) is 54.0 Å². The number of alkyl carbamates (subject to hydrolysis) is 1. The summed E-state index contributed by atoms with van der Waals surface area (Å²) in [5.74, 6) is 7.05. The van der Waals surface area contributed by atoms with E-state index in [0.717, 1.165) is 61.9 Å². The van der Waals surface area contributed by atoms with Gasteiger partial charge in [-0.05, 0) is 90.0 Å². The van der Waals surface area contributed by atoms with Gasteiger partial charge >= 0.3 is 35.2 Å². The van der Waals surface area contributed by atoms with Crippen molar-refractivity contribution in [2.45, 2.75) is 24.2 Å². The summed E-state index contributed by atoms with van der Waals surface area (Å²) in [6.07, 6.45) is 4.57. The molecule has 2 atom stereocenters. The number of fused-ring (bicyclic) bond motifs is 5. The molecule has 1 fully saturated rings. The molecule has 8 aromatic rings. The molecule has 6 amide bonds. The lowest BCUT2D eigenvalue weighted by Crippen LogP contribution is -2.60. The number of hydrogen-bond acceptors (Lipinski definition) is 13. The van der Waals surface area contributed by atoms with Crippen molar-refractivity contribution in [2.24, 2.45) is 28.2 Å². The third-order valence-electron chi connectivity index (χ3n) is 13.9. The average molecular weight is 1260 g/mol. The number of amides is 6. The Morgan fingerprint density at radius 2 is 1.18 bits per heavy atom. The molecule has 24 nitrogen and oxygen atoms in total. The van der Waals surface area contributed by atoms with Crippen molar-refractivity contribution < 1.29 is 47.7 Å². The van der Waals surface area contributed by atoms with Gasteiger partial charge in [-0.15, -0.1) is 6.42 Å². The number of H-pyrrole nitrogens is 2. The number of aromatic amines is 2. The molecule has 0 unspecified atom stereocenters. The SMILES string of the molecule is C#C[C@](CN1Cc2ccc(OC)cc2C1=O)(NC(=O)OC)C(=O)OC.COc1ccc2c(c1)C(=O)N(C[C@@]1(C#Cc3ccc4c(c3)n(C)c(=O)n4C)NC(=O)NC1=O)C2.Cn1c(=O)n(C)c2cc(Br)ccc21.O=c1[nH]c2ccc(Br)cc2[nH]1. The van der Waals surface area contributed by atoms with Gasteiger partial charge in [-0.1, -0.05) is 61.8 Å². The van der Waals surface area contributed by atoms with Gasteiger partial charge in [0.1, 0.15) is 11.5 Å². The van der Waals surface area contributed by atoms with Crippen LogP contribution in [0.1, 0.15) is 37.4 Å². The van der Waals surface area contributed by atoms with E-state index in [1.165, 1.54) is 33.2 Å². The maximum atomic E-state index is 13.0. The number of rotatable bonds is 8. The van der Waals surface area contributed by atoms with Gasteiger partial charge in [0.05, 0.1) is 74.6 Å². The predicted molar refractivity (Wildman–Crippen MR) is 312 cm³/mol. The fraction of sp³-hybridized carbons (Fsp3) is 0.246. The number of nitrogens with zero attached hydrogens (tertiary/aromatic N) is 6. The number of aromatic nitrogens is 6. The molecule has 6 heterocycles. The number of halogens is 2. The Hall–Kier alpha value is -9.79. The van der Waals surface area contributed by atoms with E-state index in [9.17, 15) is 43.2 Å². The number of benzene rings is 5. The molecule has 428 valence electrons. The van der Waals surface area contributed by atoms with E-state index in [2.05, 4.69) is 80.3 Å². The molecule has 0 saturated carbocycles. The fourth-order valence-electron chi connectivity index (χ4n) is 9.44. The zero-order chi connectivity index (χ0) is 60.2. The summed E-state index contributed by atoms with van der Waals surface area (Å²) in [4.78, 5) is 117. The molecule has 5 aromatic carbocycles. The highest BCUT2D eigenvalue weighted by Crippen LogP contribution is 2.30. The van der Waals surface area contributed by atoms with Crippen LogP contribution < -0.4 is 42.5 Å². The Bertz CT molecular complexity index is 4270. The zero-order valence-corrected chi connectivity index (χ0v) is 49.0. The summed E-state index contributed by atoms with van der Waals surface area (Å²) in [5.41, 5.74) is 4.25. The van der Waals surface area contributed by atoms with E-state index in [0.29, 0.717) is 33.7 Å². The van der Waals surface area contributed by atoms with Gasteiger partial charge in [-0.3, -0.25) is 43.3 Å². The van der Waals surface area contributed by atoms with E-state index in [4.69, 9.17) is 20.6 Å². The van der Waals surface area contributed by atoms with Crippen molar-refractivity contribution in [3.63, 3.8) is 0 Å². The van der Waals surface area contributed by atoms with Crippen molar-refractivity contribution in [3.05, 3.63) is 159 Å².